The van der Waals surface area contributed by atoms with Crippen molar-refractivity contribution in [1.82, 2.24) is 0 Å². The SMILES string of the molecule is CC(=O)COc1cc(N)ccc1OCC=O. The molecule has 0 unspecified atom stereocenters. The number of Topliss-reactive ketones (excluding diaryl/α,β-unsaturated/α-hetero) is 1. The molecule has 0 fully saturated rings. The molecular formula is C11H13NO4. The van der Waals surface area contributed by atoms with Gasteiger partial charge in [0.2, 0.25) is 0 Å². The van der Waals surface area contributed by atoms with Gasteiger partial charge in [0.25, 0.3) is 0 Å². The van der Waals surface area contributed by atoms with E-state index in [1.54, 1.807) is 18.2 Å². The first kappa shape index (κ1) is 12.0. The number of nitrogens with two attached hydrogens (primary N) is 1. The summed E-state index contributed by atoms with van der Waals surface area (Å²) in [6, 6.07) is 4.76. The van der Waals surface area contributed by atoms with E-state index in [0.29, 0.717) is 23.5 Å². The number of ether oxygens (including phenoxy) is 2. The Morgan fingerprint density at radius 3 is 2.75 bits per heavy atom. The summed E-state index contributed by atoms with van der Waals surface area (Å²) < 4.78 is 10.3. The van der Waals surface area contributed by atoms with E-state index >= 15 is 0 Å². The molecule has 0 aliphatic heterocycles. The Bertz CT molecular complexity index is 390. The van der Waals surface area contributed by atoms with E-state index in [2.05, 4.69) is 0 Å². The second-order valence-electron chi connectivity index (χ2n) is 3.17. The van der Waals surface area contributed by atoms with Crippen molar-refractivity contribution in [2.24, 2.45) is 0 Å². The van der Waals surface area contributed by atoms with Crippen molar-refractivity contribution >= 4 is 17.8 Å². The molecule has 16 heavy (non-hydrogen) atoms. The second-order valence-corrected chi connectivity index (χ2v) is 3.17. The third-order valence-corrected chi connectivity index (χ3v) is 1.71. The topological polar surface area (TPSA) is 78.6 Å². The van der Waals surface area contributed by atoms with Crippen LogP contribution in [0.4, 0.5) is 5.69 Å². The minimum Gasteiger partial charge on any atom is -0.482 e. The van der Waals surface area contributed by atoms with Gasteiger partial charge in [0.15, 0.2) is 23.6 Å². The standard InChI is InChI=1S/C11H13NO4/c1-8(14)7-16-11-6-9(12)2-3-10(11)15-5-4-13/h2-4,6H,5,7,12H2,1H3. The van der Waals surface area contributed by atoms with Crippen LogP contribution in [0, 0.1) is 0 Å². The average molecular weight is 223 g/mol. The minimum atomic E-state index is -0.108. The van der Waals surface area contributed by atoms with Gasteiger partial charge in [-0.2, -0.15) is 0 Å². The summed E-state index contributed by atoms with van der Waals surface area (Å²) in [5.41, 5.74) is 6.07. The lowest BCUT2D eigenvalue weighted by molar-refractivity contribution is -0.119. The molecule has 1 aromatic carbocycles. The van der Waals surface area contributed by atoms with Gasteiger partial charge in [0.1, 0.15) is 13.2 Å². The molecule has 0 atom stereocenters. The number of carbonyl (C=O) groups is 2. The predicted molar refractivity (Wildman–Crippen MR) is 58.6 cm³/mol. The summed E-state index contributed by atoms with van der Waals surface area (Å²) >= 11 is 0. The lowest BCUT2D eigenvalue weighted by atomic mass is 10.3. The molecule has 2 N–H and O–H groups in total. The van der Waals surface area contributed by atoms with Crippen LogP contribution in [-0.2, 0) is 9.59 Å². The van der Waals surface area contributed by atoms with Gasteiger partial charge < -0.3 is 15.2 Å². The number of hydrogen-bond acceptors (Lipinski definition) is 5. The Labute approximate surface area is 93.1 Å². The molecule has 0 saturated heterocycles. The van der Waals surface area contributed by atoms with E-state index in [4.69, 9.17) is 15.2 Å². The van der Waals surface area contributed by atoms with Crippen LogP contribution < -0.4 is 15.2 Å². The zero-order valence-corrected chi connectivity index (χ0v) is 8.93. The van der Waals surface area contributed by atoms with E-state index in [1.165, 1.54) is 6.92 Å². The molecule has 1 rings (SSSR count). The summed E-state index contributed by atoms with van der Waals surface area (Å²) in [5.74, 6) is 0.642. The van der Waals surface area contributed by atoms with Gasteiger partial charge >= 0.3 is 0 Å². The molecule has 0 heterocycles. The van der Waals surface area contributed by atoms with Crippen LogP contribution in [0.5, 0.6) is 11.5 Å². The fraction of sp³-hybridized carbons (Fsp3) is 0.273. The maximum atomic E-state index is 10.8. The average Bonchev–Trinajstić information content (AvgIpc) is 2.25. The fourth-order valence-corrected chi connectivity index (χ4v) is 1.06. The van der Waals surface area contributed by atoms with Crippen molar-refractivity contribution in [3.63, 3.8) is 0 Å². The second kappa shape index (κ2) is 5.75. The molecule has 0 aliphatic carbocycles. The minimum absolute atomic E-state index is 0.0547. The monoisotopic (exact) mass is 223 g/mol. The molecule has 0 spiro atoms. The lowest BCUT2D eigenvalue weighted by Crippen LogP contribution is -2.08. The van der Waals surface area contributed by atoms with E-state index in [9.17, 15) is 9.59 Å². The van der Waals surface area contributed by atoms with Crippen LogP contribution in [0.2, 0.25) is 0 Å². The van der Waals surface area contributed by atoms with Crippen LogP contribution in [0.25, 0.3) is 0 Å². The van der Waals surface area contributed by atoms with Crippen molar-refractivity contribution in [1.29, 1.82) is 0 Å². The molecular weight excluding hydrogens is 210 g/mol. The number of aldehydes is 1. The van der Waals surface area contributed by atoms with Crippen molar-refractivity contribution in [3.8, 4) is 11.5 Å². The fourth-order valence-electron chi connectivity index (χ4n) is 1.06. The van der Waals surface area contributed by atoms with Crippen molar-refractivity contribution in [2.45, 2.75) is 6.92 Å². The van der Waals surface area contributed by atoms with Crippen LogP contribution >= 0.6 is 0 Å². The zero-order valence-electron chi connectivity index (χ0n) is 8.93. The van der Waals surface area contributed by atoms with Crippen molar-refractivity contribution in [2.75, 3.05) is 18.9 Å². The van der Waals surface area contributed by atoms with Gasteiger partial charge in [-0.15, -0.1) is 0 Å². The molecule has 5 nitrogen and oxygen atoms in total. The number of nitrogen functional groups attached to an aromatic ring is 1. The molecule has 86 valence electrons. The quantitative estimate of drug-likeness (QED) is 0.570. The predicted octanol–water partition coefficient (Wildman–Crippen LogP) is 0.814. The summed E-state index contributed by atoms with van der Waals surface area (Å²) in [5, 5.41) is 0. The Kier molecular flexibility index (Phi) is 4.32. The van der Waals surface area contributed by atoms with Gasteiger partial charge in [-0.1, -0.05) is 0 Å². The molecule has 0 amide bonds. The number of carbonyl (C=O) groups excluding carboxylic acids is 2. The number of rotatable bonds is 6. The molecule has 0 radical (unpaired) electrons. The summed E-state index contributed by atoms with van der Waals surface area (Å²) in [6.07, 6.45) is 0.630. The number of anilines is 1. The third-order valence-electron chi connectivity index (χ3n) is 1.71. The third kappa shape index (κ3) is 3.61. The maximum Gasteiger partial charge on any atom is 0.167 e. The summed E-state index contributed by atoms with van der Waals surface area (Å²) in [7, 11) is 0. The maximum absolute atomic E-state index is 10.8. The highest BCUT2D eigenvalue weighted by Crippen LogP contribution is 2.29. The molecule has 0 aliphatic rings. The Morgan fingerprint density at radius 2 is 2.12 bits per heavy atom. The number of benzene rings is 1. The Morgan fingerprint density at radius 1 is 1.38 bits per heavy atom. The van der Waals surface area contributed by atoms with Crippen LogP contribution in [0.3, 0.4) is 0 Å². The zero-order chi connectivity index (χ0) is 12.0. The summed E-state index contributed by atoms with van der Waals surface area (Å²) in [4.78, 5) is 21.0. The first-order chi connectivity index (χ1) is 7.63. The smallest absolute Gasteiger partial charge is 0.167 e. The van der Waals surface area contributed by atoms with E-state index in [0.717, 1.165) is 0 Å². The molecule has 5 heteroatoms. The number of hydrogen-bond donors (Lipinski definition) is 1. The number of ketones is 1. The first-order valence-electron chi connectivity index (χ1n) is 4.71. The van der Waals surface area contributed by atoms with E-state index < -0.39 is 0 Å². The van der Waals surface area contributed by atoms with Crippen LogP contribution in [-0.4, -0.2) is 25.3 Å². The normalized spacial score (nSPS) is 9.56. The van der Waals surface area contributed by atoms with Crippen molar-refractivity contribution in [3.05, 3.63) is 18.2 Å². The molecule has 0 saturated carbocycles. The lowest BCUT2D eigenvalue weighted by Gasteiger charge is -2.10. The first-order valence-corrected chi connectivity index (χ1v) is 4.71. The van der Waals surface area contributed by atoms with Gasteiger partial charge in [0.05, 0.1) is 0 Å². The summed E-state index contributed by atoms with van der Waals surface area (Å²) in [6.45, 7) is 1.29. The highest BCUT2D eigenvalue weighted by molar-refractivity contribution is 5.77. The van der Waals surface area contributed by atoms with Crippen LogP contribution in [0.1, 0.15) is 6.92 Å². The highest BCUT2D eigenvalue weighted by Gasteiger charge is 2.06. The van der Waals surface area contributed by atoms with Gasteiger partial charge in [-0.25, -0.2) is 0 Å². The molecule has 0 aromatic heterocycles. The Hall–Kier alpha value is -2.04. The van der Waals surface area contributed by atoms with E-state index in [1.807, 2.05) is 0 Å². The molecule has 0 bridgehead atoms. The van der Waals surface area contributed by atoms with Crippen LogP contribution in [0.15, 0.2) is 18.2 Å². The molecule has 1 aromatic rings. The van der Waals surface area contributed by atoms with Gasteiger partial charge in [-0.05, 0) is 19.1 Å². The van der Waals surface area contributed by atoms with E-state index in [-0.39, 0.29) is 19.0 Å². The van der Waals surface area contributed by atoms with Gasteiger partial charge in [-0.3, -0.25) is 9.59 Å². The Balaban J connectivity index is 2.80. The van der Waals surface area contributed by atoms with Gasteiger partial charge in [0, 0.05) is 11.8 Å². The highest BCUT2D eigenvalue weighted by atomic mass is 16.5. The largest absolute Gasteiger partial charge is 0.482 e. The van der Waals surface area contributed by atoms with Crippen molar-refractivity contribution < 1.29 is 19.1 Å².